The lowest BCUT2D eigenvalue weighted by molar-refractivity contribution is 0.102. The molecule has 0 saturated heterocycles. The van der Waals surface area contributed by atoms with Crippen LogP contribution in [0.5, 0.6) is 0 Å². The average Bonchev–Trinajstić information content (AvgIpc) is 2.39. The van der Waals surface area contributed by atoms with E-state index in [0.29, 0.717) is 11.4 Å². The smallest absolute Gasteiger partial charge is 0.274 e. The summed E-state index contributed by atoms with van der Waals surface area (Å²) in [5.74, 6) is -0.273. The van der Waals surface area contributed by atoms with Crippen LogP contribution in [0.3, 0.4) is 0 Å². The van der Waals surface area contributed by atoms with Crippen LogP contribution < -0.4 is 16.0 Å². The summed E-state index contributed by atoms with van der Waals surface area (Å²) < 4.78 is 0. The molecular formula is C14H16N4O. The van der Waals surface area contributed by atoms with Crippen molar-refractivity contribution in [2.24, 2.45) is 0 Å². The van der Waals surface area contributed by atoms with Crippen LogP contribution >= 0.6 is 0 Å². The monoisotopic (exact) mass is 256 g/mol. The second kappa shape index (κ2) is 5.39. The molecule has 0 aliphatic heterocycles. The molecule has 0 aliphatic rings. The van der Waals surface area contributed by atoms with Gasteiger partial charge in [0.2, 0.25) is 0 Å². The van der Waals surface area contributed by atoms with E-state index in [2.05, 4.69) is 10.3 Å². The van der Waals surface area contributed by atoms with Gasteiger partial charge in [-0.1, -0.05) is 0 Å². The van der Waals surface area contributed by atoms with Gasteiger partial charge in [-0.2, -0.15) is 0 Å². The number of nitrogens with two attached hydrogens (primary N) is 1. The first-order valence-corrected chi connectivity index (χ1v) is 5.86. The molecule has 0 spiro atoms. The third-order valence-electron chi connectivity index (χ3n) is 2.66. The van der Waals surface area contributed by atoms with E-state index in [1.54, 1.807) is 12.1 Å². The molecule has 5 heteroatoms. The van der Waals surface area contributed by atoms with Crippen LogP contribution in [0.15, 0.2) is 42.6 Å². The van der Waals surface area contributed by atoms with Crippen molar-refractivity contribution in [3.63, 3.8) is 0 Å². The number of carbonyl (C=O) groups is 1. The first-order chi connectivity index (χ1) is 9.06. The van der Waals surface area contributed by atoms with Gasteiger partial charge in [-0.25, -0.2) is 0 Å². The van der Waals surface area contributed by atoms with Gasteiger partial charge in [-0.3, -0.25) is 9.78 Å². The predicted octanol–water partition coefficient (Wildman–Crippen LogP) is 1.98. The number of benzene rings is 1. The van der Waals surface area contributed by atoms with Crippen molar-refractivity contribution in [2.75, 3.05) is 30.0 Å². The van der Waals surface area contributed by atoms with Crippen LogP contribution in [0, 0.1) is 0 Å². The first kappa shape index (κ1) is 12.9. The fraction of sp³-hybridized carbons (Fsp3) is 0.143. The molecule has 3 N–H and O–H groups in total. The minimum atomic E-state index is -0.273. The van der Waals surface area contributed by atoms with Crippen LogP contribution in [-0.2, 0) is 0 Å². The number of pyridine rings is 1. The van der Waals surface area contributed by atoms with Crippen LogP contribution in [0.2, 0.25) is 0 Å². The summed E-state index contributed by atoms with van der Waals surface area (Å²) in [6, 6.07) is 10.7. The predicted molar refractivity (Wildman–Crippen MR) is 77.4 cm³/mol. The lowest BCUT2D eigenvalue weighted by atomic mass is 10.2. The van der Waals surface area contributed by atoms with E-state index in [4.69, 9.17) is 5.73 Å². The van der Waals surface area contributed by atoms with E-state index in [0.717, 1.165) is 11.4 Å². The van der Waals surface area contributed by atoms with E-state index < -0.39 is 0 Å². The zero-order valence-corrected chi connectivity index (χ0v) is 10.9. The molecule has 19 heavy (non-hydrogen) atoms. The summed E-state index contributed by atoms with van der Waals surface area (Å²) in [7, 11) is 3.93. The first-order valence-electron chi connectivity index (χ1n) is 5.86. The average molecular weight is 256 g/mol. The summed E-state index contributed by atoms with van der Waals surface area (Å²) in [5, 5.41) is 2.78. The maximum Gasteiger partial charge on any atom is 0.274 e. The number of anilines is 3. The van der Waals surface area contributed by atoms with Crippen LogP contribution in [-0.4, -0.2) is 25.0 Å². The molecule has 0 unspecified atom stereocenters. The maximum atomic E-state index is 11.9. The highest BCUT2D eigenvalue weighted by atomic mass is 16.1. The molecule has 0 radical (unpaired) electrons. The number of amides is 1. The van der Waals surface area contributed by atoms with Gasteiger partial charge in [-0.15, -0.1) is 0 Å². The van der Waals surface area contributed by atoms with Crippen LogP contribution in [0.25, 0.3) is 0 Å². The Kier molecular flexibility index (Phi) is 3.66. The van der Waals surface area contributed by atoms with E-state index >= 15 is 0 Å². The van der Waals surface area contributed by atoms with Gasteiger partial charge in [0.1, 0.15) is 5.69 Å². The molecule has 1 amide bonds. The summed E-state index contributed by atoms with van der Waals surface area (Å²) in [6.07, 6.45) is 1.51. The number of carbonyl (C=O) groups excluding carboxylic acids is 1. The summed E-state index contributed by atoms with van der Waals surface area (Å²) in [6.45, 7) is 0. The molecule has 98 valence electrons. The van der Waals surface area contributed by atoms with Gasteiger partial charge in [0, 0.05) is 37.4 Å². The van der Waals surface area contributed by atoms with Crippen LogP contribution in [0.4, 0.5) is 17.1 Å². The standard InChI is InChI=1S/C14H16N4O/c1-18(2)12-5-3-11(4-6-12)17-14(19)13-9-10(15)7-8-16-13/h3-9H,1-2H3,(H2,15,16)(H,17,19). The van der Waals surface area contributed by atoms with Crippen molar-refractivity contribution >= 4 is 23.0 Å². The quantitative estimate of drug-likeness (QED) is 0.881. The van der Waals surface area contributed by atoms with E-state index in [1.165, 1.54) is 6.20 Å². The van der Waals surface area contributed by atoms with Crippen molar-refractivity contribution in [2.45, 2.75) is 0 Å². The highest BCUT2D eigenvalue weighted by Gasteiger charge is 2.07. The zero-order chi connectivity index (χ0) is 13.8. The number of rotatable bonds is 3. The SMILES string of the molecule is CN(C)c1ccc(NC(=O)c2cc(N)ccn2)cc1. The number of nitrogens with zero attached hydrogens (tertiary/aromatic N) is 2. The third-order valence-corrected chi connectivity index (χ3v) is 2.66. The Morgan fingerprint density at radius 3 is 2.47 bits per heavy atom. The summed E-state index contributed by atoms with van der Waals surface area (Å²) in [5.41, 5.74) is 8.23. The molecular weight excluding hydrogens is 240 g/mol. The summed E-state index contributed by atoms with van der Waals surface area (Å²) in [4.78, 5) is 17.9. The van der Waals surface area contributed by atoms with Crippen molar-refractivity contribution < 1.29 is 4.79 Å². The Bertz CT molecular complexity index is 578. The molecule has 0 fully saturated rings. The zero-order valence-electron chi connectivity index (χ0n) is 10.9. The second-order valence-electron chi connectivity index (χ2n) is 4.37. The fourth-order valence-corrected chi connectivity index (χ4v) is 1.61. The molecule has 0 atom stereocenters. The van der Waals surface area contributed by atoms with Gasteiger partial charge in [0.05, 0.1) is 0 Å². The number of nitrogen functional groups attached to an aromatic ring is 1. The lowest BCUT2D eigenvalue weighted by Crippen LogP contribution is -2.14. The Balaban J connectivity index is 2.10. The van der Waals surface area contributed by atoms with Gasteiger partial charge in [0.15, 0.2) is 0 Å². The highest BCUT2D eigenvalue weighted by Crippen LogP contribution is 2.16. The molecule has 1 aromatic heterocycles. The Morgan fingerprint density at radius 2 is 1.89 bits per heavy atom. The summed E-state index contributed by atoms with van der Waals surface area (Å²) >= 11 is 0. The second-order valence-corrected chi connectivity index (χ2v) is 4.37. The molecule has 2 rings (SSSR count). The van der Waals surface area contributed by atoms with E-state index in [9.17, 15) is 4.79 Å². The van der Waals surface area contributed by atoms with Gasteiger partial charge >= 0.3 is 0 Å². The number of aromatic nitrogens is 1. The molecule has 0 aliphatic carbocycles. The Hall–Kier alpha value is -2.56. The highest BCUT2D eigenvalue weighted by molar-refractivity contribution is 6.03. The van der Waals surface area contributed by atoms with Crippen molar-refractivity contribution in [3.05, 3.63) is 48.3 Å². The largest absolute Gasteiger partial charge is 0.399 e. The fourth-order valence-electron chi connectivity index (χ4n) is 1.61. The molecule has 0 saturated carbocycles. The van der Waals surface area contributed by atoms with Crippen LogP contribution in [0.1, 0.15) is 10.5 Å². The minimum Gasteiger partial charge on any atom is -0.399 e. The molecule has 1 aromatic carbocycles. The lowest BCUT2D eigenvalue weighted by Gasteiger charge is -2.13. The van der Waals surface area contributed by atoms with Gasteiger partial charge in [0.25, 0.3) is 5.91 Å². The van der Waals surface area contributed by atoms with E-state index in [1.807, 2.05) is 43.3 Å². The topological polar surface area (TPSA) is 71.2 Å². The van der Waals surface area contributed by atoms with Crippen molar-refractivity contribution in [3.8, 4) is 0 Å². The molecule has 1 heterocycles. The molecule has 0 bridgehead atoms. The van der Waals surface area contributed by atoms with Crippen molar-refractivity contribution in [1.82, 2.24) is 4.98 Å². The van der Waals surface area contributed by atoms with Crippen molar-refractivity contribution in [1.29, 1.82) is 0 Å². The maximum absolute atomic E-state index is 11.9. The van der Waals surface area contributed by atoms with E-state index in [-0.39, 0.29) is 5.91 Å². The number of nitrogens with one attached hydrogen (secondary N) is 1. The molecule has 2 aromatic rings. The Labute approximate surface area is 112 Å². The Morgan fingerprint density at radius 1 is 1.21 bits per heavy atom. The minimum absolute atomic E-state index is 0.273. The molecule has 5 nitrogen and oxygen atoms in total. The van der Waals surface area contributed by atoms with Gasteiger partial charge < -0.3 is 16.0 Å². The normalized spacial score (nSPS) is 10.0. The third kappa shape index (κ3) is 3.22. The number of hydrogen-bond donors (Lipinski definition) is 2. The number of hydrogen-bond acceptors (Lipinski definition) is 4. The van der Waals surface area contributed by atoms with Gasteiger partial charge in [-0.05, 0) is 36.4 Å².